The summed E-state index contributed by atoms with van der Waals surface area (Å²) in [6.45, 7) is 4.96. The summed E-state index contributed by atoms with van der Waals surface area (Å²) in [6.07, 6.45) is 5.80. The van der Waals surface area contributed by atoms with Gasteiger partial charge >= 0.3 is 0 Å². The van der Waals surface area contributed by atoms with Gasteiger partial charge in [0.05, 0.1) is 11.3 Å². The van der Waals surface area contributed by atoms with E-state index in [4.69, 9.17) is 0 Å². The van der Waals surface area contributed by atoms with Crippen LogP contribution < -0.4 is 10.7 Å². The molecule has 0 spiro atoms. The fourth-order valence-corrected chi connectivity index (χ4v) is 3.46. The average molecular weight is 386 g/mol. The van der Waals surface area contributed by atoms with Gasteiger partial charge in [-0.2, -0.15) is 5.10 Å². The summed E-state index contributed by atoms with van der Waals surface area (Å²) in [5.74, 6) is -0.238. The molecule has 29 heavy (non-hydrogen) atoms. The highest BCUT2D eigenvalue weighted by Gasteiger charge is 2.25. The molecule has 7 nitrogen and oxygen atoms in total. The number of nitrogens with zero attached hydrogens (tertiary/aromatic N) is 3. The Morgan fingerprint density at radius 1 is 1.14 bits per heavy atom. The molecule has 3 N–H and O–H groups in total. The molecule has 1 aliphatic rings. The summed E-state index contributed by atoms with van der Waals surface area (Å²) in [7, 11) is 0. The highest BCUT2D eigenvalue weighted by atomic mass is 16.2. The number of H-pyrrole nitrogens is 1. The van der Waals surface area contributed by atoms with Crippen LogP contribution in [0.3, 0.4) is 0 Å². The maximum Gasteiger partial charge on any atom is 0.273 e. The SMILES string of the molecule is Cc1[nH]c(/C=C2/C(=O)NN=C2c2ccncn2)c(C)c1CCNc1ccccc1. The van der Waals surface area contributed by atoms with Gasteiger partial charge < -0.3 is 10.3 Å². The molecule has 0 radical (unpaired) electrons. The minimum absolute atomic E-state index is 0.238. The third-order valence-electron chi connectivity index (χ3n) is 4.99. The van der Waals surface area contributed by atoms with Crippen molar-refractivity contribution in [2.75, 3.05) is 11.9 Å². The van der Waals surface area contributed by atoms with Crippen molar-refractivity contribution < 1.29 is 4.79 Å². The normalized spacial score (nSPS) is 14.8. The van der Waals surface area contributed by atoms with E-state index >= 15 is 0 Å². The number of hydrazone groups is 1. The molecule has 0 atom stereocenters. The molecule has 0 saturated carbocycles. The van der Waals surface area contributed by atoms with Crippen LogP contribution >= 0.6 is 0 Å². The van der Waals surface area contributed by atoms with Crippen molar-refractivity contribution in [3.63, 3.8) is 0 Å². The van der Waals surface area contributed by atoms with Crippen molar-refractivity contribution in [2.45, 2.75) is 20.3 Å². The third kappa shape index (κ3) is 3.94. The molecule has 0 bridgehead atoms. The van der Waals surface area contributed by atoms with Crippen LogP contribution in [0.15, 0.2) is 59.6 Å². The molecule has 1 aliphatic heterocycles. The summed E-state index contributed by atoms with van der Waals surface area (Å²) in [5, 5.41) is 7.58. The molecule has 0 aliphatic carbocycles. The fraction of sp³-hybridized carbons (Fsp3) is 0.182. The maximum absolute atomic E-state index is 12.3. The number of hydrogen-bond acceptors (Lipinski definition) is 5. The maximum atomic E-state index is 12.3. The average Bonchev–Trinajstić information content (AvgIpc) is 3.24. The number of aromatic amines is 1. The smallest absolute Gasteiger partial charge is 0.273 e. The first kappa shape index (κ1) is 18.6. The summed E-state index contributed by atoms with van der Waals surface area (Å²) in [6, 6.07) is 11.9. The van der Waals surface area contributed by atoms with Gasteiger partial charge in [0.1, 0.15) is 12.0 Å². The van der Waals surface area contributed by atoms with E-state index in [1.807, 2.05) is 24.3 Å². The molecule has 1 amide bonds. The number of nitrogens with one attached hydrogen (secondary N) is 3. The van der Waals surface area contributed by atoms with Gasteiger partial charge in [0.15, 0.2) is 0 Å². The molecule has 7 heteroatoms. The van der Waals surface area contributed by atoms with E-state index in [1.54, 1.807) is 12.3 Å². The first-order valence-corrected chi connectivity index (χ1v) is 9.47. The van der Waals surface area contributed by atoms with Crippen molar-refractivity contribution in [3.8, 4) is 0 Å². The number of rotatable bonds is 6. The van der Waals surface area contributed by atoms with Gasteiger partial charge in [-0.3, -0.25) is 4.79 Å². The van der Waals surface area contributed by atoms with E-state index < -0.39 is 0 Å². The number of hydrogen-bond donors (Lipinski definition) is 3. The van der Waals surface area contributed by atoms with E-state index in [9.17, 15) is 4.79 Å². The molecule has 0 fully saturated rings. The van der Waals surface area contributed by atoms with Gasteiger partial charge in [-0.15, -0.1) is 0 Å². The van der Waals surface area contributed by atoms with E-state index in [2.05, 4.69) is 56.8 Å². The van der Waals surface area contributed by atoms with Crippen LogP contribution in [0.1, 0.15) is 28.2 Å². The Hall–Kier alpha value is -3.74. The molecule has 3 aromatic rings. The Balaban J connectivity index is 1.55. The Bertz CT molecular complexity index is 1080. The lowest BCUT2D eigenvalue weighted by Gasteiger charge is -2.07. The number of aromatic nitrogens is 3. The number of aryl methyl sites for hydroxylation is 1. The predicted octanol–water partition coefficient (Wildman–Crippen LogP) is 2.99. The summed E-state index contributed by atoms with van der Waals surface area (Å²) in [5.41, 5.74) is 9.64. The highest BCUT2D eigenvalue weighted by Crippen LogP contribution is 2.23. The van der Waals surface area contributed by atoms with Crippen LogP contribution in [0.2, 0.25) is 0 Å². The van der Waals surface area contributed by atoms with Crippen molar-refractivity contribution in [2.24, 2.45) is 5.10 Å². The summed E-state index contributed by atoms with van der Waals surface area (Å²) in [4.78, 5) is 23.9. The van der Waals surface area contributed by atoms with E-state index in [0.29, 0.717) is 17.0 Å². The molecule has 1 aromatic carbocycles. The lowest BCUT2D eigenvalue weighted by molar-refractivity contribution is -0.116. The van der Waals surface area contributed by atoms with Gasteiger partial charge in [0, 0.05) is 29.8 Å². The third-order valence-corrected chi connectivity index (χ3v) is 4.99. The zero-order valence-electron chi connectivity index (χ0n) is 16.4. The Kier molecular flexibility index (Phi) is 5.20. The molecular weight excluding hydrogens is 364 g/mol. The monoisotopic (exact) mass is 386 g/mol. The highest BCUT2D eigenvalue weighted by molar-refractivity contribution is 6.32. The zero-order valence-corrected chi connectivity index (χ0v) is 16.4. The Labute approximate surface area is 169 Å². The van der Waals surface area contributed by atoms with Crippen LogP contribution in [0.25, 0.3) is 6.08 Å². The van der Waals surface area contributed by atoms with Crippen LogP contribution in [0.5, 0.6) is 0 Å². The standard InChI is InChI=1S/C22H22N6O/c1-14-17(8-11-24-16-6-4-3-5-7-16)15(2)26-20(14)12-18-21(27-28-22(18)29)19-9-10-23-13-25-19/h3-7,9-10,12-13,24,26H,8,11H2,1-2H3,(H,28,29)/b18-12+. The van der Waals surface area contributed by atoms with Gasteiger partial charge in [-0.05, 0) is 55.7 Å². The number of anilines is 1. The first-order valence-electron chi connectivity index (χ1n) is 9.47. The number of carbonyl (C=O) groups excluding carboxylic acids is 1. The lowest BCUT2D eigenvalue weighted by Crippen LogP contribution is -2.14. The van der Waals surface area contributed by atoms with E-state index in [1.165, 1.54) is 11.9 Å². The van der Waals surface area contributed by atoms with Crippen LogP contribution in [-0.4, -0.2) is 33.1 Å². The summed E-state index contributed by atoms with van der Waals surface area (Å²) < 4.78 is 0. The number of amides is 1. The van der Waals surface area contributed by atoms with Gasteiger partial charge in [0.25, 0.3) is 5.91 Å². The van der Waals surface area contributed by atoms with Crippen molar-refractivity contribution >= 4 is 23.4 Å². The van der Waals surface area contributed by atoms with Gasteiger partial charge in [-0.25, -0.2) is 15.4 Å². The Morgan fingerprint density at radius 2 is 1.97 bits per heavy atom. The molecule has 3 heterocycles. The van der Waals surface area contributed by atoms with Gasteiger partial charge in [-0.1, -0.05) is 18.2 Å². The molecular formula is C22H22N6O. The Morgan fingerprint density at radius 3 is 2.72 bits per heavy atom. The van der Waals surface area contributed by atoms with E-state index in [0.717, 1.165) is 35.6 Å². The largest absolute Gasteiger partial charge is 0.385 e. The second-order valence-electron chi connectivity index (χ2n) is 6.86. The molecule has 146 valence electrons. The molecule has 4 rings (SSSR count). The lowest BCUT2D eigenvalue weighted by atomic mass is 10.0. The fourth-order valence-electron chi connectivity index (χ4n) is 3.46. The number of carbonyl (C=O) groups is 1. The second kappa shape index (κ2) is 8.10. The molecule has 0 saturated heterocycles. The zero-order chi connectivity index (χ0) is 20.2. The van der Waals surface area contributed by atoms with Crippen molar-refractivity contribution in [1.82, 2.24) is 20.4 Å². The minimum Gasteiger partial charge on any atom is -0.385 e. The van der Waals surface area contributed by atoms with Crippen molar-refractivity contribution in [1.29, 1.82) is 0 Å². The van der Waals surface area contributed by atoms with Crippen LogP contribution in [0.4, 0.5) is 5.69 Å². The van der Waals surface area contributed by atoms with Crippen LogP contribution in [-0.2, 0) is 11.2 Å². The quantitative estimate of drug-likeness (QED) is 0.568. The predicted molar refractivity (Wildman–Crippen MR) is 114 cm³/mol. The first-order chi connectivity index (χ1) is 14.1. The second-order valence-corrected chi connectivity index (χ2v) is 6.86. The topological polar surface area (TPSA) is 95.1 Å². The van der Waals surface area contributed by atoms with Crippen molar-refractivity contribution in [3.05, 3.63) is 82.7 Å². The number of benzene rings is 1. The van der Waals surface area contributed by atoms with E-state index in [-0.39, 0.29) is 5.91 Å². The van der Waals surface area contributed by atoms with Gasteiger partial charge in [0.2, 0.25) is 0 Å². The number of para-hydroxylation sites is 1. The van der Waals surface area contributed by atoms with Crippen LogP contribution in [0, 0.1) is 13.8 Å². The molecule has 2 aromatic heterocycles. The summed E-state index contributed by atoms with van der Waals surface area (Å²) >= 11 is 0. The minimum atomic E-state index is -0.238. The molecule has 0 unspecified atom stereocenters.